The van der Waals surface area contributed by atoms with Crippen molar-refractivity contribution in [3.63, 3.8) is 0 Å². The van der Waals surface area contributed by atoms with E-state index in [4.69, 9.17) is 5.73 Å². The number of aromatic nitrogens is 2. The molecular weight excluding hydrogens is 216 g/mol. The van der Waals surface area contributed by atoms with Crippen LogP contribution in [0.2, 0.25) is 0 Å². The lowest BCUT2D eigenvalue weighted by molar-refractivity contribution is 0.0941. The average molecular weight is 224 g/mol. The maximum Gasteiger partial charge on any atom is 0.277 e. The molecule has 0 aliphatic heterocycles. The van der Waals surface area contributed by atoms with E-state index in [1.165, 1.54) is 0 Å². The summed E-state index contributed by atoms with van der Waals surface area (Å²) in [6.07, 6.45) is 0. The van der Waals surface area contributed by atoms with Crippen molar-refractivity contribution >= 4 is 23.1 Å². The van der Waals surface area contributed by atoms with Gasteiger partial charge in [0.05, 0.1) is 0 Å². The molecule has 15 heavy (non-hydrogen) atoms. The van der Waals surface area contributed by atoms with Crippen LogP contribution >= 0.6 is 11.3 Å². The number of carbonyl (C=O) groups excluding carboxylic acids is 1. The highest BCUT2D eigenvalue weighted by atomic mass is 32.1. The molecule has 0 bridgehead atoms. The lowest BCUT2D eigenvalue weighted by Crippen LogP contribution is -2.23. The lowest BCUT2D eigenvalue weighted by atomic mass is 10.3. The Labute approximate surface area is 89.0 Å². The van der Waals surface area contributed by atoms with Gasteiger partial charge in [-0.2, -0.15) is 11.3 Å². The molecule has 2 aromatic heterocycles. The molecular formula is C8H8N4O2S. The van der Waals surface area contributed by atoms with Crippen LogP contribution in [0.25, 0.3) is 0 Å². The van der Waals surface area contributed by atoms with Gasteiger partial charge in [-0.1, -0.05) is 0 Å². The third-order valence-electron chi connectivity index (χ3n) is 1.76. The van der Waals surface area contributed by atoms with Crippen molar-refractivity contribution in [2.75, 3.05) is 5.73 Å². The number of amides is 1. The van der Waals surface area contributed by atoms with Gasteiger partial charge in [0.25, 0.3) is 5.91 Å². The van der Waals surface area contributed by atoms with E-state index in [0.717, 1.165) is 5.56 Å². The zero-order chi connectivity index (χ0) is 10.7. The van der Waals surface area contributed by atoms with Crippen molar-refractivity contribution in [3.05, 3.63) is 28.1 Å². The molecule has 2 rings (SSSR count). The molecule has 1 amide bonds. The van der Waals surface area contributed by atoms with Gasteiger partial charge in [0, 0.05) is 6.54 Å². The molecule has 78 valence electrons. The number of hydrogen-bond donors (Lipinski definition) is 2. The first kappa shape index (κ1) is 9.66. The molecule has 0 aliphatic carbocycles. The summed E-state index contributed by atoms with van der Waals surface area (Å²) in [4.78, 5) is 11.5. The number of carbonyl (C=O) groups is 1. The Morgan fingerprint density at radius 2 is 2.47 bits per heavy atom. The van der Waals surface area contributed by atoms with Gasteiger partial charge < -0.3 is 11.1 Å². The molecule has 3 N–H and O–H groups in total. The Morgan fingerprint density at radius 1 is 1.60 bits per heavy atom. The summed E-state index contributed by atoms with van der Waals surface area (Å²) < 4.78 is 4.32. The van der Waals surface area contributed by atoms with E-state index >= 15 is 0 Å². The van der Waals surface area contributed by atoms with E-state index in [-0.39, 0.29) is 17.4 Å². The Morgan fingerprint density at radius 3 is 3.07 bits per heavy atom. The van der Waals surface area contributed by atoms with E-state index in [1.807, 2.05) is 16.8 Å². The molecule has 0 radical (unpaired) electrons. The number of anilines is 1. The Kier molecular flexibility index (Phi) is 2.64. The summed E-state index contributed by atoms with van der Waals surface area (Å²) >= 11 is 1.57. The third kappa shape index (κ3) is 2.13. The lowest BCUT2D eigenvalue weighted by Gasteiger charge is -1.99. The fourth-order valence-electron chi connectivity index (χ4n) is 1.01. The molecule has 2 heterocycles. The van der Waals surface area contributed by atoms with E-state index in [2.05, 4.69) is 20.3 Å². The van der Waals surface area contributed by atoms with Crippen molar-refractivity contribution in [2.45, 2.75) is 6.54 Å². The summed E-state index contributed by atoms with van der Waals surface area (Å²) in [5.41, 5.74) is 6.41. The summed E-state index contributed by atoms with van der Waals surface area (Å²) in [7, 11) is 0. The first-order valence-corrected chi connectivity index (χ1v) is 5.09. The predicted octanol–water partition coefficient (Wildman–Crippen LogP) is 0.643. The van der Waals surface area contributed by atoms with Crippen LogP contribution in [0.3, 0.4) is 0 Å². The first-order chi connectivity index (χ1) is 7.27. The first-order valence-electron chi connectivity index (χ1n) is 4.14. The molecule has 0 saturated heterocycles. The van der Waals surface area contributed by atoms with Crippen molar-refractivity contribution in [1.82, 2.24) is 15.6 Å². The second kappa shape index (κ2) is 4.09. The van der Waals surface area contributed by atoms with Crippen molar-refractivity contribution in [3.8, 4) is 0 Å². The number of thiophene rings is 1. The van der Waals surface area contributed by atoms with E-state index < -0.39 is 0 Å². The van der Waals surface area contributed by atoms with E-state index in [0.29, 0.717) is 6.54 Å². The number of nitrogens with two attached hydrogens (primary N) is 1. The van der Waals surface area contributed by atoms with Crippen LogP contribution in [0.15, 0.2) is 21.5 Å². The minimum absolute atomic E-state index is 0.00202. The molecule has 0 aliphatic rings. The monoisotopic (exact) mass is 224 g/mol. The smallest absolute Gasteiger partial charge is 0.277 e. The fourth-order valence-corrected chi connectivity index (χ4v) is 1.68. The molecule has 0 atom stereocenters. The number of rotatable bonds is 3. The Balaban J connectivity index is 1.96. The molecule has 0 fully saturated rings. The second-order valence-electron chi connectivity index (χ2n) is 2.81. The van der Waals surface area contributed by atoms with Crippen LogP contribution in [0.1, 0.15) is 16.1 Å². The van der Waals surface area contributed by atoms with Gasteiger partial charge in [0.1, 0.15) is 0 Å². The standard InChI is InChI=1S/C8H8N4O2S/c9-7-6(11-14-12-7)8(13)10-3-5-1-2-15-4-5/h1-2,4H,3H2,(H2,9,12)(H,10,13). The van der Waals surface area contributed by atoms with Gasteiger partial charge in [-0.3, -0.25) is 4.79 Å². The maximum atomic E-state index is 11.5. The van der Waals surface area contributed by atoms with Crippen molar-refractivity contribution in [2.24, 2.45) is 0 Å². The topological polar surface area (TPSA) is 94.0 Å². The SMILES string of the molecule is Nc1nonc1C(=O)NCc1ccsc1. The zero-order valence-electron chi connectivity index (χ0n) is 7.64. The van der Waals surface area contributed by atoms with Crippen LogP contribution in [0.4, 0.5) is 5.82 Å². The molecule has 7 heteroatoms. The van der Waals surface area contributed by atoms with Gasteiger partial charge in [-0.15, -0.1) is 0 Å². The largest absolute Gasteiger partial charge is 0.379 e. The predicted molar refractivity (Wildman–Crippen MR) is 54.2 cm³/mol. The average Bonchev–Trinajstić information content (AvgIpc) is 2.84. The van der Waals surface area contributed by atoms with Crippen molar-refractivity contribution < 1.29 is 9.42 Å². The van der Waals surface area contributed by atoms with Gasteiger partial charge in [0.15, 0.2) is 0 Å². The zero-order valence-corrected chi connectivity index (χ0v) is 8.45. The minimum atomic E-state index is -0.389. The van der Waals surface area contributed by atoms with Crippen LogP contribution in [-0.2, 0) is 6.54 Å². The second-order valence-corrected chi connectivity index (χ2v) is 3.59. The number of nitrogen functional groups attached to an aromatic ring is 1. The Bertz CT molecular complexity index is 451. The van der Waals surface area contributed by atoms with Crippen molar-refractivity contribution in [1.29, 1.82) is 0 Å². The van der Waals surface area contributed by atoms with Crippen LogP contribution < -0.4 is 11.1 Å². The van der Waals surface area contributed by atoms with Gasteiger partial charge >= 0.3 is 0 Å². The van der Waals surface area contributed by atoms with E-state index in [9.17, 15) is 4.79 Å². The summed E-state index contributed by atoms with van der Waals surface area (Å²) in [5, 5.41) is 13.3. The molecule has 0 spiro atoms. The van der Waals surface area contributed by atoms with Gasteiger partial charge in [0.2, 0.25) is 11.5 Å². The number of nitrogens with one attached hydrogen (secondary N) is 1. The molecule has 2 aromatic rings. The van der Waals surface area contributed by atoms with Crippen LogP contribution in [-0.4, -0.2) is 16.2 Å². The number of hydrogen-bond acceptors (Lipinski definition) is 6. The van der Waals surface area contributed by atoms with Crippen LogP contribution in [0.5, 0.6) is 0 Å². The normalized spacial score (nSPS) is 10.1. The third-order valence-corrected chi connectivity index (χ3v) is 2.49. The summed E-state index contributed by atoms with van der Waals surface area (Å²) in [6, 6.07) is 1.93. The van der Waals surface area contributed by atoms with Gasteiger partial charge in [-0.25, -0.2) is 4.63 Å². The fraction of sp³-hybridized carbons (Fsp3) is 0.125. The molecule has 0 saturated carbocycles. The highest BCUT2D eigenvalue weighted by Crippen LogP contribution is 2.07. The Hall–Kier alpha value is -1.89. The highest BCUT2D eigenvalue weighted by molar-refractivity contribution is 7.07. The van der Waals surface area contributed by atoms with E-state index in [1.54, 1.807) is 11.3 Å². The van der Waals surface area contributed by atoms with Crippen LogP contribution in [0, 0.1) is 0 Å². The molecule has 6 nitrogen and oxygen atoms in total. The summed E-state index contributed by atoms with van der Waals surface area (Å²) in [6.45, 7) is 0.439. The maximum absolute atomic E-state index is 11.5. The quantitative estimate of drug-likeness (QED) is 0.798. The summed E-state index contributed by atoms with van der Waals surface area (Å²) in [5.74, 6) is -0.391. The molecule has 0 unspecified atom stereocenters. The highest BCUT2D eigenvalue weighted by Gasteiger charge is 2.15. The van der Waals surface area contributed by atoms with Gasteiger partial charge in [-0.05, 0) is 32.7 Å². The molecule has 0 aromatic carbocycles. The minimum Gasteiger partial charge on any atom is -0.379 e. The number of nitrogens with zero attached hydrogens (tertiary/aromatic N) is 2.